The van der Waals surface area contributed by atoms with Crippen molar-refractivity contribution in [2.45, 2.75) is 33.2 Å². The van der Waals surface area contributed by atoms with Crippen molar-refractivity contribution in [2.24, 2.45) is 0 Å². The first-order chi connectivity index (χ1) is 9.60. The molecule has 0 saturated carbocycles. The Morgan fingerprint density at radius 1 is 1.33 bits per heavy atom. The summed E-state index contributed by atoms with van der Waals surface area (Å²) in [5.74, 6) is 0.265. The van der Waals surface area contributed by atoms with Crippen LogP contribution in [0.2, 0.25) is 5.02 Å². The number of hydrogen-bond acceptors (Lipinski definition) is 3. The summed E-state index contributed by atoms with van der Waals surface area (Å²) in [4.78, 5) is 12.7. The van der Waals surface area contributed by atoms with Crippen LogP contribution in [0.1, 0.15) is 41.9 Å². The zero-order valence-electron chi connectivity index (χ0n) is 12.1. The van der Waals surface area contributed by atoms with Gasteiger partial charge in [-0.1, -0.05) is 37.6 Å². The predicted octanol–water partition coefficient (Wildman–Crippen LogP) is 3.90. The molecule has 1 aromatic heterocycles. The standard InChI is InChI=1S/C15H18ClN3O.BrH/c1-3-9-19-15(17)13(12(4-2)18-19)14(20)10-7-5-6-8-11(10)16;/h5-8H,3-4,9,17H2,1-2H3;1H. The lowest BCUT2D eigenvalue weighted by molar-refractivity contribution is 0.103. The van der Waals surface area contributed by atoms with Crippen LogP contribution in [0.4, 0.5) is 5.82 Å². The van der Waals surface area contributed by atoms with Gasteiger partial charge in [0.1, 0.15) is 5.82 Å². The largest absolute Gasteiger partial charge is 0.383 e. The molecule has 6 heteroatoms. The predicted molar refractivity (Wildman–Crippen MR) is 91.5 cm³/mol. The molecule has 0 fully saturated rings. The normalized spacial score (nSPS) is 10.2. The van der Waals surface area contributed by atoms with Gasteiger partial charge in [-0.25, -0.2) is 4.68 Å². The van der Waals surface area contributed by atoms with Gasteiger partial charge in [0.05, 0.1) is 16.3 Å². The highest BCUT2D eigenvalue weighted by Gasteiger charge is 2.23. The van der Waals surface area contributed by atoms with Crippen molar-refractivity contribution in [3.05, 3.63) is 46.1 Å². The van der Waals surface area contributed by atoms with Crippen LogP contribution in [-0.2, 0) is 13.0 Å². The van der Waals surface area contributed by atoms with Crippen LogP contribution in [0.15, 0.2) is 24.3 Å². The maximum atomic E-state index is 12.7. The van der Waals surface area contributed by atoms with E-state index in [4.69, 9.17) is 17.3 Å². The number of rotatable bonds is 5. The molecule has 1 aromatic carbocycles. The fourth-order valence-electron chi connectivity index (χ4n) is 2.18. The number of nitrogens with two attached hydrogens (primary N) is 1. The molecule has 0 aliphatic carbocycles. The first kappa shape index (κ1) is 17.7. The molecule has 0 atom stereocenters. The van der Waals surface area contributed by atoms with Gasteiger partial charge in [-0.15, -0.1) is 17.0 Å². The molecule has 2 rings (SSSR count). The number of hydrogen-bond donors (Lipinski definition) is 1. The molecule has 21 heavy (non-hydrogen) atoms. The van der Waals surface area contributed by atoms with Gasteiger partial charge in [-0.05, 0) is 25.0 Å². The van der Waals surface area contributed by atoms with Gasteiger partial charge in [0, 0.05) is 12.1 Å². The smallest absolute Gasteiger partial charge is 0.200 e. The molecule has 0 spiro atoms. The molecule has 0 bridgehead atoms. The first-order valence-electron chi connectivity index (χ1n) is 6.74. The second kappa shape index (κ2) is 7.61. The SMILES string of the molecule is Br.CCCn1nc(CC)c(C(=O)c2ccccc2Cl)c1N. The Morgan fingerprint density at radius 2 is 2.00 bits per heavy atom. The molecule has 2 N–H and O–H groups in total. The number of carbonyl (C=O) groups excluding carboxylic acids is 1. The van der Waals surface area contributed by atoms with Gasteiger partial charge >= 0.3 is 0 Å². The Bertz CT molecular complexity index is 640. The van der Waals surface area contributed by atoms with Gasteiger partial charge in [0.2, 0.25) is 0 Å². The first-order valence-corrected chi connectivity index (χ1v) is 7.12. The van der Waals surface area contributed by atoms with Crippen molar-refractivity contribution in [3.8, 4) is 0 Å². The van der Waals surface area contributed by atoms with Gasteiger partial charge in [0.15, 0.2) is 5.78 Å². The fourth-order valence-corrected chi connectivity index (χ4v) is 2.41. The summed E-state index contributed by atoms with van der Waals surface area (Å²) in [6, 6.07) is 6.99. The Morgan fingerprint density at radius 3 is 2.57 bits per heavy atom. The van der Waals surface area contributed by atoms with E-state index in [1.165, 1.54) is 0 Å². The highest BCUT2D eigenvalue weighted by molar-refractivity contribution is 8.93. The van der Waals surface area contributed by atoms with Crippen LogP contribution < -0.4 is 5.73 Å². The highest BCUT2D eigenvalue weighted by atomic mass is 79.9. The van der Waals surface area contributed by atoms with Gasteiger partial charge < -0.3 is 5.73 Å². The van der Waals surface area contributed by atoms with E-state index >= 15 is 0 Å². The minimum atomic E-state index is -0.160. The van der Waals surface area contributed by atoms with E-state index in [-0.39, 0.29) is 22.8 Å². The summed E-state index contributed by atoms with van der Waals surface area (Å²) < 4.78 is 1.70. The average molecular weight is 373 g/mol. The second-order valence-corrected chi connectivity index (χ2v) is 5.00. The summed E-state index contributed by atoms with van der Waals surface area (Å²) in [6.07, 6.45) is 1.57. The maximum absolute atomic E-state index is 12.7. The molecule has 114 valence electrons. The van der Waals surface area contributed by atoms with E-state index < -0.39 is 0 Å². The third kappa shape index (κ3) is 3.47. The highest BCUT2D eigenvalue weighted by Crippen LogP contribution is 2.25. The van der Waals surface area contributed by atoms with E-state index in [0.29, 0.717) is 34.9 Å². The minimum absolute atomic E-state index is 0. The monoisotopic (exact) mass is 371 g/mol. The lowest BCUT2D eigenvalue weighted by Gasteiger charge is -2.05. The van der Waals surface area contributed by atoms with Crippen LogP contribution in [0.3, 0.4) is 0 Å². The summed E-state index contributed by atoms with van der Waals surface area (Å²) in [5.41, 5.74) is 7.76. The average Bonchev–Trinajstić information content (AvgIpc) is 2.76. The minimum Gasteiger partial charge on any atom is -0.383 e. The van der Waals surface area contributed by atoms with E-state index in [0.717, 1.165) is 12.1 Å². The Hall–Kier alpha value is -1.33. The third-order valence-corrected chi connectivity index (χ3v) is 3.51. The van der Waals surface area contributed by atoms with Gasteiger partial charge in [-0.3, -0.25) is 4.79 Å². The molecule has 0 radical (unpaired) electrons. The fraction of sp³-hybridized carbons (Fsp3) is 0.333. The molecule has 1 heterocycles. The molecule has 0 aliphatic rings. The van der Waals surface area contributed by atoms with E-state index in [9.17, 15) is 4.79 Å². The van der Waals surface area contributed by atoms with Crippen molar-refractivity contribution >= 4 is 40.2 Å². The number of nitrogens with zero attached hydrogens (tertiary/aromatic N) is 2. The third-order valence-electron chi connectivity index (χ3n) is 3.18. The number of anilines is 1. The quantitative estimate of drug-likeness (QED) is 0.810. The number of carbonyl (C=O) groups is 1. The number of benzene rings is 1. The van der Waals surface area contributed by atoms with Crippen LogP contribution in [0.5, 0.6) is 0 Å². The molecule has 4 nitrogen and oxygen atoms in total. The van der Waals surface area contributed by atoms with E-state index in [1.807, 2.05) is 13.8 Å². The lowest BCUT2D eigenvalue weighted by Crippen LogP contribution is -2.09. The van der Waals surface area contributed by atoms with Crippen molar-refractivity contribution in [2.75, 3.05) is 5.73 Å². The number of nitrogen functional groups attached to an aromatic ring is 1. The Labute approximate surface area is 140 Å². The number of ketones is 1. The molecule has 0 amide bonds. The molecular weight excluding hydrogens is 354 g/mol. The van der Waals surface area contributed by atoms with Crippen LogP contribution in [0, 0.1) is 0 Å². The van der Waals surface area contributed by atoms with E-state index in [1.54, 1.807) is 28.9 Å². The zero-order chi connectivity index (χ0) is 14.7. The Balaban J connectivity index is 0.00000220. The van der Waals surface area contributed by atoms with Crippen LogP contribution >= 0.6 is 28.6 Å². The molecule has 0 aliphatic heterocycles. The van der Waals surface area contributed by atoms with Crippen molar-refractivity contribution in [1.82, 2.24) is 9.78 Å². The molecule has 2 aromatic rings. The summed E-state index contributed by atoms with van der Waals surface area (Å²) >= 11 is 6.10. The van der Waals surface area contributed by atoms with Crippen LogP contribution in [0.25, 0.3) is 0 Å². The number of aryl methyl sites for hydroxylation is 2. The molecule has 0 saturated heterocycles. The van der Waals surface area contributed by atoms with Gasteiger partial charge in [-0.2, -0.15) is 5.10 Å². The molecular formula is C15H19BrClN3O. The topological polar surface area (TPSA) is 60.9 Å². The lowest BCUT2D eigenvalue weighted by atomic mass is 10.0. The van der Waals surface area contributed by atoms with Crippen molar-refractivity contribution in [3.63, 3.8) is 0 Å². The second-order valence-electron chi connectivity index (χ2n) is 4.59. The molecule has 0 unspecified atom stereocenters. The Kier molecular flexibility index (Phi) is 6.42. The van der Waals surface area contributed by atoms with Crippen LogP contribution in [-0.4, -0.2) is 15.6 Å². The number of aromatic nitrogens is 2. The zero-order valence-corrected chi connectivity index (χ0v) is 14.6. The summed E-state index contributed by atoms with van der Waals surface area (Å²) in [7, 11) is 0. The maximum Gasteiger partial charge on any atom is 0.200 e. The summed E-state index contributed by atoms with van der Waals surface area (Å²) in [6.45, 7) is 4.71. The number of halogens is 2. The van der Waals surface area contributed by atoms with Crippen molar-refractivity contribution in [1.29, 1.82) is 0 Å². The van der Waals surface area contributed by atoms with E-state index in [2.05, 4.69) is 5.10 Å². The van der Waals surface area contributed by atoms with Crippen molar-refractivity contribution < 1.29 is 4.79 Å². The van der Waals surface area contributed by atoms with Gasteiger partial charge in [0.25, 0.3) is 0 Å². The summed E-state index contributed by atoms with van der Waals surface area (Å²) in [5, 5.41) is 4.85.